The van der Waals surface area contributed by atoms with Crippen molar-refractivity contribution in [3.8, 4) is 0 Å². The van der Waals surface area contributed by atoms with Crippen LogP contribution in [0.2, 0.25) is 0 Å². The van der Waals surface area contributed by atoms with E-state index in [1.54, 1.807) is 0 Å². The summed E-state index contributed by atoms with van der Waals surface area (Å²) in [5, 5.41) is 0. The summed E-state index contributed by atoms with van der Waals surface area (Å²) in [6.45, 7) is 0. The zero-order chi connectivity index (χ0) is 9.80. The van der Waals surface area contributed by atoms with E-state index in [4.69, 9.17) is 4.74 Å². The summed E-state index contributed by atoms with van der Waals surface area (Å²) < 4.78 is 5.21. The molecule has 1 atom stereocenters. The Kier molecular flexibility index (Phi) is 3.44. The molecular formula is C12H20O2. The quantitative estimate of drug-likeness (QED) is 0.648. The topological polar surface area (TPSA) is 26.3 Å². The van der Waals surface area contributed by atoms with Gasteiger partial charge in [0.15, 0.2) is 0 Å². The standard InChI is InChI=1S/C12H20O2/c13-12-9-8-11(14-12)7-6-10-4-2-1-3-5-10/h10-11H,1-9H2. The van der Waals surface area contributed by atoms with E-state index in [9.17, 15) is 4.79 Å². The van der Waals surface area contributed by atoms with Gasteiger partial charge in [0.1, 0.15) is 6.10 Å². The molecule has 0 aromatic rings. The molecule has 1 saturated carbocycles. The number of hydrogen-bond donors (Lipinski definition) is 0. The lowest BCUT2D eigenvalue weighted by atomic mass is 9.85. The Balaban J connectivity index is 1.63. The highest BCUT2D eigenvalue weighted by molar-refractivity contribution is 5.71. The van der Waals surface area contributed by atoms with E-state index < -0.39 is 0 Å². The molecule has 2 aliphatic rings. The summed E-state index contributed by atoms with van der Waals surface area (Å²) in [6.07, 6.45) is 11.3. The molecule has 1 aliphatic carbocycles. The molecule has 2 rings (SSSR count). The van der Waals surface area contributed by atoms with Crippen LogP contribution in [0.5, 0.6) is 0 Å². The third kappa shape index (κ3) is 2.73. The van der Waals surface area contributed by atoms with Gasteiger partial charge in [-0.15, -0.1) is 0 Å². The Morgan fingerprint density at radius 2 is 1.86 bits per heavy atom. The first-order valence-corrected chi connectivity index (χ1v) is 6.04. The van der Waals surface area contributed by atoms with Crippen LogP contribution in [0, 0.1) is 5.92 Å². The molecule has 0 N–H and O–H groups in total. The molecule has 1 unspecified atom stereocenters. The van der Waals surface area contributed by atoms with Crippen molar-refractivity contribution < 1.29 is 9.53 Å². The Hall–Kier alpha value is -0.530. The second kappa shape index (κ2) is 4.81. The number of esters is 1. The second-order valence-corrected chi connectivity index (χ2v) is 4.73. The van der Waals surface area contributed by atoms with Gasteiger partial charge in [-0.3, -0.25) is 4.79 Å². The summed E-state index contributed by atoms with van der Waals surface area (Å²) >= 11 is 0. The van der Waals surface area contributed by atoms with E-state index in [1.165, 1.54) is 38.5 Å². The van der Waals surface area contributed by atoms with Crippen LogP contribution in [-0.4, -0.2) is 12.1 Å². The molecule has 14 heavy (non-hydrogen) atoms. The highest BCUT2D eigenvalue weighted by Crippen LogP contribution is 2.29. The fraction of sp³-hybridized carbons (Fsp3) is 0.917. The van der Waals surface area contributed by atoms with E-state index in [1.807, 2.05) is 0 Å². The maximum atomic E-state index is 10.9. The van der Waals surface area contributed by atoms with Gasteiger partial charge in [-0.25, -0.2) is 0 Å². The Morgan fingerprint density at radius 1 is 1.07 bits per heavy atom. The average Bonchev–Trinajstić information content (AvgIpc) is 2.63. The van der Waals surface area contributed by atoms with Gasteiger partial charge < -0.3 is 4.74 Å². The van der Waals surface area contributed by atoms with Crippen LogP contribution in [0.1, 0.15) is 57.8 Å². The molecule has 1 aliphatic heterocycles. The lowest BCUT2D eigenvalue weighted by Gasteiger charge is -2.22. The highest BCUT2D eigenvalue weighted by atomic mass is 16.5. The van der Waals surface area contributed by atoms with E-state index in [-0.39, 0.29) is 12.1 Å². The number of hydrogen-bond acceptors (Lipinski definition) is 2. The third-order valence-electron chi connectivity index (χ3n) is 3.59. The van der Waals surface area contributed by atoms with E-state index in [2.05, 4.69) is 0 Å². The van der Waals surface area contributed by atoms with Gasteiger partial charge >= 0.3 is 5.97 Å². The van der Waals surface area contributed by atoms with Gasteiger partial charge in [0.05, 0.1) is 0 Å². The van der Waals surface area contributed by atoms with Crippen molar-refractivity contribution >= 4 is 5.97 Å². The van der Waals surface area contributed by atoms with E-state index in [0.717, 1.165) is 18.8 Å². The molecule has 80 valence electrons. The first-order chi connectivity index (χ1) is 6.84. The van der Waals surface area contributed by atoms with Gasteiger partial charge in [0.25, 0.3) is 0 Å². The van der Waals surface area contributed by atoms with Crippen molar-refractivity contribution in [2.45, 2.75) is 63.9 Å². The van der Waals surface area contributed by atoms with Crippen LogP contribution >= 0.6 is 0 Å². The number of carbonyl (C=O) groups excluding carboxylic acids is 1. The minimum absolute atomic E-state index is 0.0126. The molecule has 0 bridgehead atoms. The Morgan fingerprint density at radius 3 is 2.50 bits per heavy atom. The third-order valence-corrected chi connectivity index (χ3v) is 3.59. The van der Waals surface area contributed by atoms with Crippen LogP contribution in [0.3, 0.4) is 0 Å². The van der Waals surface area contributed by atoms with Crippen molar-refractivity contribution in [2.75, 3.05) is 0 Å². The van der Waals surface area contributed by atoms with Gasteiger partial charge in [-0.2, -0.15) is 0 Å². The minimum Gasteiger partial charge on any atom is -0.462 e. The molecule has 0 amide bonds. The summed E-state index contributed by atoms with van der Waals surface area (Å²) in [7, 11) is 0. The molecule has 2 heteroatoms. The normalized spacial score (nSPS) is 29.1. The van der Waals surface area contributed by atoms with Gasteiger partial charge in [0, 0.05) is 6.42 Å². The summed E-state index contributed by atoms with van der Waals surface area (Å²) in [5.74, 6) is 0.932. The predicted molar refractivity (Wildman–Crippen MR) is 54.9 cm³/mol. The molecular weight excluding hydrogens is 176 g/mol. The zero-order valence-corrected chi connectivity index (χ0v) is 8.84. The first kappa shape index (κ1) is 10.0. The van der Waals surface area contributed by atoms with Gasteiger partial charge in [-0.1, -0.05) is 32.1 Å². The summed E-state index contributed by atoms with van der Waals surface area (Å²) in [6, 6.07) is 0. The van der Waals surface area contributed by atoms with Crippen molar-refractivity contribution in [1.82, 2.24) is 0 Å². The molecule has 2 fully saturated rings. The molecule has 2 nitrogen and oxygen atoms in total. The van der Waals surface area contributed by atoms with Crippen LogP contribution in [0.15, 0.2) is 0 Å². The van der Waals surface area contributed by atoms with E-state index in [0.29, 0.717) is 6.42 Å². The first-order valence-electron chi connectivity index (χ1n) is 6.04. The highest BCUT2D eigenvalue weighted by Gasteiger charge is 2.24. The summed E-state index contributed by atoms with van der Waals surface area (Å²) in [4.78, 5) is 10.9. The monoisotopic (exact) mass is 196 g/mol. The van der Waals surface area contributed by atoms with Crippen LogP contribution in [0.25, 0.3) is 0 Å². The van der Waals surface area contributed by atoms with E-state index >= 15 is 0 Å². The minimum atomic E-state index is 0.0126. The molecule has 0 radical (unpaired) electrons. The molecule has 0 spiro atoms. The SMILES string of the molecule is O=C1CCC(CCC2CCCCC2)O1. The Labute approximate surface area is 86.0 Å². The second-order valence-electron chi connectivity index (χ2n) is 4.73. The number of cyclic esters (lactones) is 1. The smallest absolute Gasteiger partial charge is 0.306 e. The van der Waals surface area contributed by atoms with Crippen LogP contribution in [-0.2, 0) is 9.53 Å². The fourth-order valence-corrected chi connectivity index (χ4v) is 2.68. The molecule has 0 aromatic heterocycles. The zero-order valence-electron chi connectivity index (χ0n) is 8.84. The largest absolute Gasteiger partial charge is 0.462 e. The molecule has 0 aromatic carbocycles. The molecule has 1 saturated heterocycles. The number of carbonyl (C=O) groups is 1. The maximum absolute atomic E-state index is 10.9. The van der Waals surface area contributed by atoms with Gasteiger partial charge in [-0.05, 0) is 25.2 Å². The number of ether oxygens (including phenoxy) is 1. The maximum Gasteiger partial charge on any atom is 0.306 e. The van der Waals surface area contributed by atoms with Crippen molar-refractivity contribution in [3.05, 3.63) is 0 Å². The van der Waals surface area contributed by atoms with Crippen LogP contribution in [0.4, 0.5) is 0 Å². The fourth-order valence-electron chi connectivity index (χ4n) is 2.68. The lowest BCUT2D eigenvalue weighted by molar-refractivity contribution is -0.141. The lowest BCUT2D eigenvalue weighted by Crippen LogP contribution is -2.12. The van der Waals surface area contributed by atoms with Crippen molar-refractivity contribution in [3.63, 3.8) is 0 Å². The predicted octanol–water partition coefficient (Wildman–Crippen LogP) is 3.05. The molecule has 1 heterocycles. The van der Waals surface area contributed by atoms with Gasteiger partial charge in [0.2, 0.25) is 0 Å². The van der Waals surface area contributed by atoms with Crippen molar-refractivity contribution in [1.29, 1.82) is 0 Å². The van der Waals surface area contributed by atoms with Crippen LogP contribution < -0.4 is 0 Å². The Bertz CT molecular complexity index is 194. The van der Waals surface area contributed by atoms with Crippen molar-refractivity contribution in [2.24, 2.45) is 5.92 Å². The average molecular weight is 196 g/mol. The number of rotatable bonds is 3. The summed E-state index contributed by atoms with van der Waals surface area (Å²) in [5.41, 5.74) is 0.